The number of anilines is 1. The van der Waals surface area contributed by atoms with Crippen molar-refractivity contribution in [2.75, 3.05) is 11.2 Å². The third-order valence-electron chi connectivity index (χ3n) is 5.39. The molecule has 154 valence electrons. The highest BCUT2D eigenvalue weighted by Crippen LogP contribution is 2.43. The van der Waals surface area contributed by atoms with Gasteiger partial charge in [-0.1, -0.05) is 64.4 Å². The summed E-state index contributed by atoms with van der Waals surface area (Å²) in [5.74, 6) is -0.576. The molecule has 1 aromatic heterocycles. The molecule has 5 rings (SSSR count). The summed E-state index contributed by atoms with van der Waals surface area (Å²) < 4.78 is 1.61. The average Bonchev–Trinajstić information content (AvgIpc) is 2.77. The maximum absolute atomic E-state index is 13.1. The topological polar surface area (TPSA) is 73.0 Å². The molecule has 3 aromatic carbocycles. The second-order valence-corrected chi connectivity index (χ2v) is 8.40. The lowest BCUT2D eigenvalue weighted by Crippen LogP contribution is -2.58. The van der Waals surface area contributed by atoms with Crippen LogP contribution in [0.1, 0.15) is 18.7 Å². The van der Waals surface area contributed by atoms with Crippen LogP contribution in [0.3, 0.4) is 0 Å². The van der Waals surface area contributed by atoms with Crippen LogP contribution in [0.2, 0.25) is 5.02 Å². The second kappa shape index (κ2) is 7.51. The van der Waals surface area contributed by atoms with Crippen LogP contribution >= 0.6 is 23.4 Å². The zero-order chi connectivity index (χ0) is 21.7. The van der Waals surface area contributed by atoms with Gasteiger partial charge in [-0.25, -0.2) is 9.88 Å². The van der Waals surface area contributed by atoms with E-state index in [0.29, 0.717) is 27.1 Å². The van der Waals surface area contributed by atoms with E-state index in [2.05, 4.69) is 10.1 Å². The second-order valence-electron chi connectivity index (χ2n) is 7.19. The van der Waals surface area contributed by atoms with Gasteiger partial charge in [0.1, 0.15) is 0 Å². The molecule has 31 heavy (non-hydrogen) atoms. The van der Waals surface area contributed by atoms with Gasteiger partial charge in [-0.05, 0) is 41.3 Å². The summed E-state index contributed by atoms with van der Waals surface area (Å²) in [5.41, 5.74) is 2.32. The molecule has 0 fully saturated rings. The number of rotatable bonds is 2. The summed E-state index contributed by atoms with van der Waals surface area (Å²) >= 11 is 7.53. The van der Waals surface area contributed by atoms with Gasteiger partial charge >= 0.3 is 0 Å². The van der Waals surface area contributed by atoms with Gasteiger partial charge < -0.3 is 5.11 Å². The van der Waals surface area contributed by atoms with Crippen LogP contribution in [0, 0.1) is 0 Å². The monoisotopic (exact) mass is 448 g/mol. The molecule has 1 unspecified atom stereocenters. The first-order chi connectivity index (χ1) is 15.0. The number of fused-ring (bicyclic) bond motifs is 4. The highest BCUT2D eigenvalue weighted by Gasteiger charge is 2.44. The number of nitrogens with zero attached hydrogens (tertiary/aromatic N) is 4. The van der Waals surface area contributed by atoms with Gasteiger partial charge in [-0.3, -0.25) is 4.79 Å². The Hall–Kier alpha value is -3.16. The fourth-order valence-electron chi connectivity index (χ4n) is 4.14. The zero-order valence-electron chi connectivity index (χ0n) is 16.7. The smallest absolute Gasteiger partial charge is 0.293 e. The summed E-state index contributed by atoms with van der Waals surface area (Å²) in [7, 11) is 0. The van der Waals surface area contributed by atoms with Gasteiger partial charge in [0, 0.05) is 17.0 Å². The minimum atomic E-state index is -0.645. The van der Waals surface area contributed by atoms with Crippen LogP contribution in [-0.2, 0) is 4.79 Å². The molecule has 0 saturated heterocycles. The van der Waals surface area contributed by atoms with Gasteiger partial charge in [-0.2, -0.15) is 0 Å². The Morgan fingerprint density at radius 3 is 2.71 bits per heavy atom. The number of carbonyl (C=O) groups excluding carboxylic acids is 1. The third kappa shape index (κ3) is 3.12. The molecule has 4 aromatic rings. The molecular weight excluding hydrogens is 432 g/mol. The maximum Gasteiger partial charge on any atom is 0.293 e. The van der Waals surface area contributed by atoms with Crippen LogP contribution in [0.25, 0.3) is 22.0 Å². The number of aromatic nitrogens is 3. The number of thioether (sulfide) groups is 1. The maximum atomic E-state index is 13.1. The van der Waals surface area contributed by atoms with Crippen LogP contribution in [-0.4, -0.2) is 22.2 Å². The first kappa shape index (κ1) is 19.8. The Kier molecular flexibility index (Phi) is 4.79. The Labute approximate surface area is 188 Å². The number of benzene rings is 3. The van der Waals surface area contributed by atoms with Crippen molar-refractivity contribution < 1.29 is 14.6 Å². The molecule has 2 heterocycles. The van der Waals surface area contributed by atoms with E-state index in [9.17, 15) is 9.90 Å². The summed E-state index contributed by atoms with van der Waals surface area (Å²) in [6, 6.07) is 19.1. The van der Waals surface area contributed by atoms with E-state index < -0.39 is 12.0 Å². The standard InChI is InChI=1S/C23H17ClN4O2S/c1-13(29)27-19-11-10-15(24)12-18(19)20-21(30)25-23(31-2)26-28(20)22(27)17-9-5-7-14-6-3-4-8-16(14)17/h3-12,22H,1-2H3. The van der Waals surface area contributed by atoms with E-state index in [4.69, 9.17) is 11.6 Å². The number of amides is 1. The van der Waals surface area contributed by atoms with Crippen molar-refractivity contribution in [1.82, 2.24) is 10.1 Å². The average molecular weight is 449 g/mol. The molecule has 1 aliphatic heterocycles. The lowest BCUT2D eigenvalue weighted by atomic mass is 9.97. The van der Waals surface area contributed by atoms with E-state index in [1.165, 1.54) is 18.7 Å². The fraction of sp³-hybridized carbons (Fsp3) is 0.130. The Morgan fingerprint density at radius 1 is 1.16 bits per heavy atom. The van der Waals surface area contributed by atoms with E-state index in [1.54, 1.807) is 27.8 Å². The highest BCUT2D eigenvalue weighted by atomic mass is 35.5. The van der Waals surface area contributed by atoms with Crippen LogP contribution in [0.4, 0.5) is 5.69 Å². The summed E-state index contributed by atoms with van der Waals surface area (Å²) in [6.45, 7) is 1.51. The Balaban J connectivity index is 1.91. The first-order valence-electron chi connectivity index (χ1n) is 9.62. The van der Waals surface area contributed by atoms with E-state index >= 15 is 0 Å². The van der Waals surface area contributed by atoms with Crippen molar-refractivity contribution in [3.8, 4) is 17.1 Å². The third-order valence-corrected chi connectivity index (χ3v) is 6.17. The normalized spacial score (nSPS) is 14.9. The molecule has 0 saturated carbocycles. The lowest BCUT2D eigenvalue weighted by molar-refractivity contribution is -0.764. The molecule has 0 N–H and O–H groups in total. The summed E-state index contributed by atoms with van der Waals surface area (Å²) in [4.78, 5) is 18.8. The minimum absolute atomic E-state index is 0.170. The van der Waals surface area contributed by atoms with Crippen molar-refractivity contribution in [3.05, 3.63) is 71.2 Å². The van der Waals surface area contributed by atoms with E-state index in [0.717, 1.165) is 16.3 Å². The Morgan fingerprint density at radius 2 is 1.94 bits per heavy atom. The largest absolute Gasteiger partial charge is 0.854 e. The van der Waals surface area contributed by atoms with Crippen molar-refractivity contribution in [3.63, 3.8) is 0 Å². The number of halogens is 1. The Bertz CT molecular complexity index is 1360. The van der Waals surface area contributed by atoms with Crippen molar-refractivity contribution in [2.45, 2.75) is 18.2 Å². The SMILES string of the molecule is CSc1nc([O-])c2[n+](n1)C(c1cccc3ccccc13)N(C(C)=O)c1ccc(Cl)cc1-2. The number of carbonyl (C=O) groups is 1. The molecule has 0 radical (unpaired) electrons. The van der Waals surface area contributed by atoms with Gasteiger partial charge in [-0.15, -0.1) is 0 Å². The van der Waals surface area contributed by atoms with Gasteiger partial charge in [0.2, 0.25) is 5.91 Å². The molecule has 0 aliphatic carbocycles. The van der Waals surface area contributed by atoms with Crippen molar-refractivity contribution in [2.24, 2.45) is 0 Å². The first-order valence-corrected chi connectivity index (χ1v) is 11.2. The predicted molar refractivity (Wildman–Crippen MR) is 119 cm³/mol. The lowest BCUT2D eigenvalue weighted by Gasteiger charge is -2.33. The van der Waals surface area contributed by atoms with Gasteiger partial charge in [0.25, 0.3) is 17.0 Å². The van der Waals surface area contributed by atoms with Crippen molar-refractivity contribution >= 4 is 45.7 Å². The van der Waals surface area contributed by atoms with Crippen LogP contribution in [0.5, 0.6) is 5.88 Å². The predicted octanol–water partition coefficient (Wildman–Crippen LogP) is 3.95. The van der Waals surface area contributed by atoms with Crippen molar-refractivity contribution in [1.29, 1.82) is 0 Å². The molecule has 8 heteroatoms. The summed E-state index contributed by atoms with van der Waals surface area (Å²) in [5, 5.41) is 20.6. The highest BCUT2D eigenvalue weighted by molar-refractivity contribution is 7.98. The zero-order valence-corrected chi connectivity index (χ0v) is 18.3. The molecule has 1 amide bonds. The van der Waals surface area contributed by atoms with Crippen LogP contribution < -0.4 is 14.7 Å². The van der Waals surface area contributed by atoms with E-state index in [1.807, 2.05) is 48.7 Å². The molecule has 1 atom stereocenters. The minimum Gasteiger partial charge on any atom is -0.854 e. The molecule has 1 aliphatic rings. The number of hydrogen-bond acceptors (Lipinski definition) is 5. The van der Waals surface area contributed by atoms with Crippen LogP contribution in [0.15, 0.2) is 65.8 Å². The van der Waals surface area contributed by atoms with Gasteiger partial charge in [0.15, 0.2) is 0 Å². The summed E-state index contributed by atoms with van der Waals surface area (Å²) in [6.07, 6.45) is 1.17. The molecule has 0 bridgehead atoms. The molecule has 6 nitrogen and oxygen atoms in total. The number of hydrogen-bond donors (Lipinski definition) is 0. The molecular formula is C23H17ClN4O2S. The van der Waals surface area contributed by atoms with Gasteiger partial charge in [0.05, 0.1) is 22.7 Å². The quantitative estimate of drug-likeness (QED) is 0.343. The molecule has 0 spiro atoms. The fourth-order valence-corrected chi connectivity index (χ4v) is 4.66. The van der Waals surface area contributed by atoms with E-state index in [-0.39, 0.29) is 5.91 Å².